The van der Waals surface area contributed by atoms with Crippen molar-refractivity contribution >= 4 is 11.6 Å². The van der Waals surface area contributed by atoms with Crippen LogP contribution < -0.4 is 0 Å². The van der Waals surface area contributed by atoms with Gasteiger partial charge in [0.2, 0.25) is 0 Å². The predicted octanol–water partition coefficient (Wildman–Crippen LogP) is 2.98. The molecule has 0 aliphatic carbocycles. The highest BCUT2D eigenvalue weighted by Gasteiger charge is 2.29. The Kier molecular flexibility index (Phi) is 4.36. The van der Waals surface area contributed by atoms with Crippen LogP contribution in [-0.2, 0) is 11.2 Å². The number of benzene rings is 1. The minimum absolute atomic E-state index is 0.232. The van der Waals surface area contributed by atoms with Crippen molar-refractivity contribution in [2.45, 2.75) is 38.9 Å². The third kappa shape index (κ3) is 3.21. The average Bonchev–Trinajstić information content (AvgIpc) is 2.21. The summed E-state index contributed by atoms with van der Waals surface area (Å²) in [4.78, 5) is 0. The number of hydrogen-bond acceptors (Lipinski definition) is 2. The van der Waals surface area contributed by atoms with Crippen molar-refractivity contribution in [3.63, 3.8) is 0 Å². The lowest BCUT2D eigenvalue weighted by Crippen LogP contribution is -2.40. The summed E-state index contributed by atoms with van der Waals surface area (Å²) >= 11 is 6.13. The van der Waals surface area contributed by atoms with Crippen molar-refractivity contribution in [2.75, 3.05) is 7.11 Å². The molecule has 1 rings (SSSR count). The molecule has 1 aromatic rings. The van der Waals surface area contributed by atoms with Gasteiger partial charge in [-0.3, -0.25) is 0 Å². The van der Waals surface area contributed by atoms with Crippen LogP contribution in [0.5, 0.6) is 0 Å². The van der Waals surface area contributed by atoms with Crippen molar-refractivity contribution in [3.8, 4) is 0 Å². The third-order valence-corrected chi connectivity index (χ3v) is 3.34. The van der Waals surface area contributed by atoms with Gasteiger partial charge in [-0.25, -0.2) is 0 Å². The van der Waals surface area contributed by atoms with Gasteiger partial charge in [0.1, 0.15) is 0 Å². The maximum Gasteiger partial charge on any atom is 0.0917 e. The Bertz CT molecular complexity index is 361. The Hall–Kier alpha value is -0.570. The molecule has 0 aliphatic heterocycles. The molecule has 2 unspecified atom stereocenters. The lowest BCUT2D eigenvalue weighted by atomic mass is 9.91. The van der Waals surface area contributed by atoms with Crippen molar-refractivity contribution in [3.05, 3.63) is 34.3 Å². The maximum absolute atomic E-state index is 10.2. The van der Waals surface area contributed by atoms with E-state index in [-0.39, 0.29) is 6.10 Å². The zero-order valence-electron chi connectivity index (χ0n) is 10.2. The molecule has 2 atom stereocenters. The quantitative estimate of drug-likeness (QED) is 0.880. The van der Waals surface area contributed by atoms with Crippen molar-refractivity contribution in [1.29, 1.82) is 0 Å². The van der Waals surface area contributed by atoms with E-state index in [1.54, 1.807) is 14.0 Å². The summed E-state index contributed by atoms with van der Waals surface area (Å²) in [5, 5.41) is 10.9. The summed E-state index contributed by atoms with van der Waals surface area (Å²) in [7, 11) is 1.59. The van der Waals surface area contributed by atoms with Gasteiger partial charge in [-0.05, 0) is 38.0 Å². The molecule has 0 bridgehead atoms. The minimum Gasteiger partial charge on any atom is -0.387 e. The van der Waals surface area contributed by atoms with E-state index in [2.05, 4.69) is 0 Å². The molecule has 0 aliphatic rings. The first kappa shape index (κ1) is 13.5. The van der Waals surface area contributed by atoms with Crippen LogP contribution in [-0.4, -0.2) is 23.9 Å². The molecular weight excluding hydrogens is 224 g/mol. The van der Waals surface area contributed by atoms with Gasteiger partial charge < -0.3 is 9.84 Å². The minimum atomic E-state index is -0.909. The predicted molar refractivity (Wildman–Crippen MR) is 67.0 cm³/mol. The number of aliphatic hydroxyl groups is 1. The summed E-state index contributed by atoms with van der Waals surface area (Å²) in [6, 6.07) is 5.85. The van der Waals surface area contributed by atoms with E-state index in [1.165, 1.54) is 0 Å². The molecule has 0 amide bonds. The molecule has 0 aromatic heterocycles. The second-order valence-electron chi connectivity index (χ2n) is 4.51. The van der Waals surface area contributed by atoms with Gasteiger partial charge in [-0.15, -0.1) is 0 Å². The number of halogens is 1. The van der Waals surface area contributed by atoms with Gasteiger partial charge in [0.25, 0.3) is 0 Å². The van der Waals surface area contributed by atoms with Crippen molar-refractivity contribution in [1.82, 2.24) is 0 Å². The molecule has 0 saturated carbocycles. The van der Waals surface area contributed by atoms with Gasteiger partial charge in [-0.1, -0.05) is 23.7 Å². The van der Waals surface area contributed by atoms with Gasteiger partial charge >= 0.3 is 0 Å². The molecule has 2 nitrogen and oxygen atoms in total. The Morgan fingerprint density at radius 3 is 2.62 bits per heavy atom. The molecule has 0 radical (unpaired) electrons. The van der Waals surface area contributed by atoms with Crippen molar-refractivity contribution in [2.24, 2.45) is 0 Å². The van der Waals surface area contributed by atoms with E-state index in [1.807, 2.05) is 32.0 Å². The fraction of sp³-hybridized carbons (Fsp3) is 0.538. The average molecular weight is 243 g/mol. The van der Waals surface area contributed by atoms with Gasteiger partial charge in [0.05, 0.1) is 11.7 Å². The topological polar surface area (TPSA) is 29.5 Å². The van der Waals surface area contributed by atoms with Crippen molar-refractivity contribution < 1.29 is 9.84 Å². The molecule has 3 heteroatoms. The fourth-order valence-corrected chi connectivity index (χ4v) is 1.88. The normalized spacial score (nSPS) is 16.9. The number of methoxy groups -OCH3 is 1. The van der Waals surface area contributed by atoms with Gasteiger partial charge in [0.15, 0.2) is 0 Å². The van der Waals surface area contributed by atoms with Crippen LogP contribution in [0.2, 0.25) is 5.02 Å². The molecule has 16 heavy (non-hydrogen) atoms. The summed E-state index contributed by atoms with van der Waals surface area (Å²) < 4.78 is 5.16. The number of ether oxygens (including phenoxy) is 1. The Labute approximate surface area is 102 Å². The molecule has 1 aromatic carbocycles. The molecule has 1 N–H and O–H groups in total. The van der Waals surface area contributed by atoms with E-state index in [4.69, 9.17) is 16.3 Å². The van der Waals surface area contributed by atoms with E-state index in [0.29, 0.717) is 11.4 Å². The first-order valence-corrected chi connectivity index (χ1v) is 5.75. The van der Waals surface area contributed by atoms with Gasteiger partial charge in [0, 0.05) is 18.6 Å². The summed E-state index contributed by atoms with van der Waals surface area (Å²) in [5.41, 5.74) is 1.16. The maximum atomic E-state index is 10.2. The standard InChI is InChI=1S/C13H19ClO2/c1-9-5-6-11(12(14)7-9)8-13(3,15)10(2)16-4/h5-7,10,15H,8H2,1-4H3. The summed E-state index contributed by atoms with van der Waals surface area (Å²) in [6.45, 7) is 5.60. The highest BCUT2D eigenvalue weighted by molar-refractivity contribution is 6.31. The largest absolute Gasteiger partial charge is 0.387 e. The highest BCUT2D eigenvalue weighted by Crippen LogP contribution is 2.25. The summed E-state index contributed by atoms with van der Waals surface area (Å²) in [6.07, 6.45) is 0.256. The molecule has 0 spiro atoms. The Morgan fingerprint density at radius 2 is 2.12 bits per heavy atom. The van der Waals surface area contributed by atoms with E-state index < -0.39 is 5.60 Å². The molecule has 0 fully saturated rings. The number of hydrogen-bond donors (Lipinski definition) is 1. The Balaban J connectivity index is 2.87. The lowest BCUT2D eigenvalue weighted by Gasteiger charge is -2.29. The molecular formula is C13H19ClO2. The first-order chi connectivity index (χ1) is 7.36. The van der Waals surface area contributed by atoms with E-state index >= 15 is 0 Å². The van der Waals surface area contributed by atoms with Crippen LogP contribution in [0.1, 0.15) is 25.0 Å². The molecule has 0 saturated heterocycles. The fourth-order valence-electron chi connectivity index (χ4n) is 1.58. The van der Waals surface area contributed by atoms with Crippen LogP contribution in [0.25, 0.3) is 0 Å². The van der Waals surface area contributed by atoms with Crippen LogP contribution in [0.4, 0.5) is 0 Å². The second kappa shape index (κ2) is 5.17. The third-order valence-electron chi connectivity index (χ3n) is 2.99. The van der Waals surface area contributed by atoms with Gasteiger partial charge in [-0.2, -0.15) is 0 Å². The monoisotopic (exact) mass is 242 g/mol. The van der Waals surface area contributed by atoms with Crippen LogP contribution >= 0.6 is 11.6 Å². The first-order valence-electron chi connectivity index (χ1n) is 5.37. The van der Waals surface area contributed by atoms with E-state index in [9.17, 15) is 5.11 Å². The second-order valence-corrected chi connectivity index (χ2v) is 4.91. The smallest absolute Gasteiger partial charge is 0.0917 e. The lowest BCUT2D eigenvalue weighted by molar-refractivity contribution is -0.0715. The molecule has 90 valence electrons. The summed E-state index contributed by atoms with van der Waals surface area (Å²) in [5.74, 6) is 0. The number of rotatable bonds is 4. The van der Waals surface area contributed by atoms with Crippen LogP contribution in [0.3, 0.4) is 0 Å². The molecule has 0 heterocycles. The van der Waals surface area contributed by atoms with E-state index in [0.717, 1.165) is 11.1 Å². The zero-order valence-corrected chi connectivity index (χ0v) is 11.0. The zero-order chi connectivity index (χ0) is 12.3. The number of aryl methyl sites for hydroxylation is 1. The Morgan fingerprint density at radius 1 is 1.50 bits per heavy atom. The van der Waals surface area contributed by atoms with Crippen LogP contribution in [0, 0.1) is 6.92 Å². The SMILES string of the molecule is COC(C)C(C)(O)Cc1ccc(C)cc1Cl. The highest BCUT2D eigenvalue weighted by atomic mass is 35.5. The van der Waals surface area contributed by atoms with Crippen LogP contribution in [0.15, 0.2) is 18.2 Å².